The molecule has 0 saturated heterocycles. The molecule has 0 aliphatic heterocycles. The fourth-order valence-corrected chi connectivity index (χ4v) is 1.15. The number of aldehydes is 2. The van der Waals surface area contributed by atoms with Crippen molar-refractivity contribution in [2.24, 2.45) is 0 Å². The molecule has 0 bridgehead atoms. The number of hydrogen-bond acceptors (Lipinski definition) is 4. The van der Waals surface area contributed by atoms with Crippen LogP contribution in [0.2, 0.25) is 0 Å². The zero-order valence-corrected chi connectivity index (χ0v) is 7.47. The first-order valence-corrected chi connectivity index (χ1v) is 4.40. The van der Waals surface area contributed by atoms with Crippen LogP contribution in [0.3, 0.4) is 0 Å². The molecule has 2 rings (SSSR count). The number of nitrogens with zero attached hydrogens (tertiary/aromatic N) is 1. The van der Waals surface area contributed by atoms with Gasteiger partial charge >= 0.3 is 0 Å². The predicted molar refractivity (Wildman–Crippen MR) is 48.7 cm³/mol. The Labute approximate surface area is 80.9 Å². The molecule has 0 amide bonds. The van der Waals surface area contributed by atoms with Gasteiger partial charge in [-0.15, -0.1) is 0 Å². The van der Waals surface area contributed by atoms with Crippen molar-refractivity contribution in [3.05, 3.63) is 23.5 Å². The zero-order chi connectivity index (χ0) is 9.97. The van der Waals surface area contributed by atoms with Crippen LogP contribution in [0.15, 0.2) is 12.4 Å². The van der Waals surface area contributed by atoms with Crippen molar-refractivity contribution in [2.45, 2.75) is 18.9 Å². The van der Waals surface area contributed by atoms with Crippen molar-refractivity contribution in [3.63, 3.8) is 0 Å². The average molecular weight is 191 g/mol. The fraction of sp³-hybridized carbons (Fsp3) is 0.300. The van der Waals surface area contributed by atoms with Gasteiger partial charge in [-0.05, 0) is 12.8 Å². The molecule has 0 unspecified atom stereocenters. The van der Waals surface area contributed by atoms with Crippen molar-refractivity contribution in [3.8, 4) is 5.75 Å². The van der Waals surface area contributed by atoms with Crippen LogP contribution in [-0.4, -0.2) is 23.7 Å². The molecule has 72 valence electrons. The monoisotopic (exact) mass is 191 g/mol. The fourth-order valence-electron chi connectivity index (χ4n) is 1.15. The van der Waals surface area contributed by atoms with E-state index in [2.05, 4.69) is 4.98 Å². The Kier molecular flexibility index (Phi) is 2.26. The Balaban J connectivity index is 2.35. The summed E-state index contributed by atoms with van der Waals surface area (Å²) in [6, 6.07) is 0. The second-order valence-electron chi connectivity index (χ2n) is 3.19. The maximum atomic E-state index is 10.7. The van der Waals surface area contributed by atoms with E-state index < -0.39 is 0 Å². The van der Waals surface area contributed by atoms with Gasteiger partial charge in [0.2, 0.25) is 0 Å². The lowest BCUT2D eigenvalue weighted by Gasteiger charge is -2.06. The molecule has 0 N–H and O–H groups in total. The molecule has 1 aromatic rings. The first-order valence-electron chi connectivity index (χ1n) is 4.40. The Morgan fingerprint density at radius 2 is 2.07 bits per heavy atom. The molecule has 0 atom stereocenters. The van der Waals surface area contributed by atoms with E-state index in [9.17, 15) is 9.59 Å². The van der Waals surface area contributed by atoms with Crippen LogP contribution in [0.4, 0.5) is 0 Å². The highest BCUT2D eigenvalue weighted by Gasteiger charge is 2.25. The normalized spacial score (nSPS) is 14.9. The van der Waals surface area contributed by atoms with E-state index in [1.165, 1.54) is 12.4 Å². The SMILES string of the molecule is O=Cc1cncc(OC2CC2)c1C=O. The van der Waals surface area contributed by atoms with E-state index in [4.69, 9.17) is 4.74 Å². The summed E-state index contributed by atoms with van der Waals surface area (Å²) in [6.07, 6.45) is 6.26. The molecule has 1 saturated carbocycles. The number of pyridine rings is 1. The van der Waals surface area contributed by atoms with Crippen molar-refractivity contribution < 1.29 is 14.3 Å². The van der Waals surface area contributed by atoms with Crippen LogP contribution in [0.1, 0.15) is 33.6 Å². The molecule has 0 radical (unpaired) electrons. The number of aromatic nitrogens is 1. The van der Waals surface area contributed by atoms with E-state index in [0.717, 1.165) is 12.8 Å². The topological polar surface area (TPSA) is 56.3 Å². The molecule has 1 aliphatic rings. The van der Waals surface area contributed by atoms with E-state index in [-0.39, 0.29) is 11.7 Å². The first-order chi connectivity index (χ1) is 6.85. The van der Waals surface area contributed by atoms with Gasteiger partial charge in [-0.25, -0.2) is 0 Å². The van der Waals surface area contributed by atoms with Crippen LogP contribution < -0.4 is 4.74 Å². The molecule has 0 aromatic carbocycles. The van der Waals surface area contributed by atoms with E-state index in [0.29, 0.717) is 23.9 Å². The van der Waals surface area contributed by atoms with Crippen LogP contribution >= 0.6 is 0 Å². The third kappa shape index (κ3) is 1.64. The molecule has 1 aromatic heterocycles. The van der Waals surface area contributed by atoms with Gasteiger partial charge in [-0.2, -0.15) is 0 Å². The first kappa shape index (κ1) is 8.87. The van der Waals surface area contributed by atoms with Gasteiger partial charge in [0, 0.05) is 11.8 Å². The summed E-state index contributed by atoms with van der Waals surface area (Å²) in [5.41, 5.74) is 0.569. The lowest BCUT2D eigenvalue weighted by atomic mass is 10.1. The summed E-state index contributed by atoms with van der Waals surface area (Å²) < 4.78 is 5.44. The molecule has 4 heteroatoms. The predicted octanol–water partition coefficient (Wildman–Crippen LogP) is 1.25. The van der Waals surface area contributed by atoms with Gasteiger partial charge < -0.3 is 4.74 Å². The molecule has 0 spiro atoms. The average Bonchev–Trinajstić information content (AvgIpc) is 3.01. The summed E-state index contributed by atoms with van der Waals surface area (Å²) >= 11 is 0. The minimum Gasteiger partial charge on any atom is -0.488 e. The second kappa shape index (κ2) is 3.57. The lowest BCUT2D eigenvalue weighted by molar-refractivity contribution is 0.109. The number of hydrogen-bond donors (Lipinski definition) is 0. The van der Waals surface area contributed by atoms with Gasteiger partial charge in [-0.3, -0.25) is 14.6 Å². The van der Waals surface area contributed by atoms with E-state index >= 15 is 0 Å². The molecule has 4 nitrogen and oxygen atoms in total. The third-order valence-corrected chi connectivity index (χ3v) is 2.04. The highest BCUT2D eigenvalue weighted by atomic mass is 16.5. The summed E-state index contributed by atoms with van der Waals surface area (Å²) in [7, 11) is 0. The minimum atomic E-state index is 0.192. The molecule has 1 fully saturated rings. The summed E-state index contributed by atoms with van der Waals surface area (Å²) in [5.74, 6) is 0.409. The van der Waals surface area contributed by atoms with Gasteiger partial charge in [-0.1, -0.05) is 0 Å². The number of carbonyl (C=O) groups excluding carboxylic acids is 2. The smallest absolute Gasteiger partial charge is 0.154 e. The van der Waals surface area contributed by atoms with Crippen molar-refractivity contribution in [2.75, 3.05) is 0 Å². The van der Waals surface area contributed by atoms with Crippen molar-refractivity contribution in [1.29, 1.82) is 0 Å². The Bertz CT molecular complexity index is 372. The standard InChI is InChI=1S/C10H9NO3/c12-5-7-3-11-4-10(9(7)6-13)14-8-1-2-8/h3-6,8H,1-2H2. The van der Waals surface area contributed by atoms with E-state index in [1.54, 1.807) is 0 Å². The van der Waals surface area contributed by atoms with Crippen LogP contribution in [0, 0.1) is 0 Å². The quantitative estimate of drug-likeness (QED) is 0.672. The molecule has 1 heterocycles. The van der Waals surface area contributed by atoms with Gasteiger partial charge in [0.25, 0.3) is 0 Å². The molecular formula is C10H9NO3. The van der Waals surface area contributed by atoms with Crippen molar-refractivity contribution >= 4 is 12.6 Å². The second-order valence-corrected chi connectivity index (χ2v) is 3.19. The van der Waals surface area contributed by atoms with Crippen LogP contribution in [0.25, 0.3) is 0 Å². The number of rotatable bonds is 4. The minimum absolute atomic E-state index is 0.192. The maximum Gasteiger partial charge on any atom is 0.154 e. The van der Waals surface area contributed by atoms with Crippen LogP contribution in [0.5, 0.6) is 5.75 Å². The van der Waals surface area contributed by atoms with Crippen LogP contribution in [-0.2, 0) is 0 Å². The molecular weight excluding hydrogens is 182 g/mol. The molecule has 1 aliphatic carbocycles. The summed E-state index contributed by atoms with van der Waals surface area (Å²) in [5, 5.41) is 0. The largest absolute Gasteiger partial charge is 0.488 e. The van der Waals surface area contributed by atoms with Gasteiger partial charge in [0.05, 0.1) is 17.9 Å². The Hall–Kier alpha value is -1.71. The van der Waals surface area contributed by atoms with Gasteiger partial charge in [0.15, 0.2) is 12.6 Å². The third-order valence-electron chi connectivity index (χ3n) is 2.04. The lowest BCUT2D eigenvalue weighted by Crippen LogP contribution is -2.02. The van der Waals surface area contributed by atoms with Gasteiger partial charge in [0.1, 0.15) is 5.75 Å². The highest BCUT2D eigenvalue weighted by Crippen LogP contribution is 2.28. The zero-order valence-electron chi connectivity index (χ0n) is 7.47. The number of ether oxygens (including phenoxy) is 1. The van der Waals surface area contributed by atoms with Crippen molar-refractivity contribution in [1.82, 2.24) is 4.98 Å². The summed E-state index contributed by atoms with van der Waals surface area (Å²) in [6.45, 7) is 0. The Morgan fingerprint density at radius 1 is 1.29 bits per heavy atom. The highest BCUT2D eigenvalue weighted by molar-refractivity contribution is 5.92. The van der Waals surface area contributed by atoms with E-state index in [1.807, 2.05) is 0 Å². The maximum absolute atomic E-state index is 10.7. The molecule has 14 heavy (non-hydrogen) atoms. The summed E-state index contributed by atoms with van der Waals surface area (Å²) in [4.78, 5) is 25.2. The number of carbonyl (C=O) groups is 2. The Morgan fingerprint density at radius 3 is 2.64 bits per heavy atom.